The van der Waals surface area contributed by atoms with Gasteiger partial charge in [0, 0.05) is 5.69 Å². The van der Waals surface area contributed by atoms with E-state index in [9.17, 15) is 4.79 Å². The Morgan fingerprint density at radius 2 is 2.14 bits per heavy atom. The summed E-state index contributed by atoms with van der Waals surface area (Å²) >= 11 is 0. The van der Waals surface area contributed by atoms with E-state index in [1.54, 1.807) is 6.92 Å². The highest BCUT2D eigenvalue weighted by Crippen LogP contribution is 2.14. The molecule has 1 heterocycles. The molecule has 0 saturated heterocycles. The third kappa shape index (κ3) is 4.05. The van der Waals surface area contributed by atoms with E-state index in [4.69, 9.17) is 4.74 Å². The standard InChI is InChI=1S/C17H20N2O2/c1-4-21-17(20)10-6-8-15-7-5-9-16(12-15)19-14(3)11-13(2)18-19/h5-9,11-12H,4,10H2,1-3H3. The zero-order chi connectivity index (χ0) is 15.2. The molecule has 0 saturated carbocycles. The predicted molar refractivity (Wildman–Crippen MR) is 83.3 cm³/mol. The first-order valence-corrected chi connectivity index (χ1v) is 7.06. The molecule has 0 unspecified atom stereocenters. The molecule has 0 spiro atoms. The summed E-state index contributed by atoms with van der Waals surface area (Å²) in [5.41, 5.74) is 4.14. The number of aromatic nitrogens is 2. The van der Waals surface area contributed by atoms with Crippen LogP contribution in [0.3, 0.4) is 0 Å². The van der Waals surface area contributed by atoms with Crippen molar-refractivity contribution in [2.75, 3.05) is 6.61 Å². The average Bonchev–Trinajstić information content (AvgIpc) is 2.78. The van der Waals surface area contributed by atoms with E-state index in [1.807, 2.05) is 61.0 Å². The highest BCUT2D eigenvalue weighted by atomic mass is 16.5. The summed E-state index contributed by atoms with van der Waals surface area (Å²) < 4.78 is 6.80. The fourth-order valence-electron chi connectivity index (χ4n) is 2.16. The molecular weight excluding hydrogens is 264 g/mol. The Bertz CT molecular complexity index is 657. The summed E-state index contributed by atoms with van der Waals surface area (Å²) in [5.74, 6) is -0.205. The van der Waals surface area contributed by atoms with Crippen LogP contribution in [0.4, 0.5) is 0 Å². The number of carbonyl (C=O) groups is 1. The molecule has 0 N–H and O–H groups in total. The number of carbonyl (C=O) groups excluding carboxylic acids is 1. The van der Waals surface area contributed by atoms with Crippen LogP contribution in [0.2, 0.25) is 0 Å². The normalized spacial score (nSPS) is 11.0. The van der Waals surface area contributed by atoms with Crippen molar-refractivity contribution in [1.82, 2.24) is 9.78 Å². The number of hydrogen-bond acceptors (Lipinski definition) is 3. The van der Waals surface area contributed by atoms with Gasteiger partial charge < -0.3 is 4.74 Å². The number of aryl methyl sites for hydroxylation is 2. The molecule has 0 aliphatic carbocycles. The highest BCUT2D eigenvalue weighted by Gasteiger charge is 2.03. The van der Waals surface area contributed by atoms with Crippen LogP contribution in [-0.2, 0) is 9.53 Å². The first-order valence-electron chi connectivity index (χ1n) is 7.06. The molecule has 0 fully saturated rings. The minimum absolute atomic E-state index is 0.205. The van der Waals surface area contributed by atoms with Gasteiger partial charge in [-0.1, -0.05) is 24.3 Å². The Morgan fingerprint density at radius 1 is 1.33 bits per heavy atom. The van der Waals surface area contributed by atoms with E-state index in [-0.39, 0.29) is 12.4 Å². The van der Waals surface area contributed by atoms with Crippen LogP contribution >= 0.6 is 0 Å². The monoisotopic (exact) mass is 284 g/mol. The van der Waals surface area contributed by atoms with Gasteiger partial charge in [-0.15, -0.1) is 0 Å². The molecular formula is C17H20N2O2. The van der Waals surface area contributed by atoms with E-state index in [1.165, 1.54) is 0 Å². The van der Waals surface area contributed by atoms with Gasteiger partial charge in [-0.05, 0) is 44.5 Å². The second-order valence-corrected chi connectivity index (χ2v) is 4.85. The molecule has 0 bridgehead atoms. The van der Waals surface area contributed by atoms with Crippen LogP contribution in [-0.4, -0.2) is 22.4 Å². The van der Waals surface area contributed by atoms with Gasteiger partial charge in [0.15, 0.2) is 0 Å². The lowest BCUT2D eigenvalue weighted by molar-refractivity contribution is -0.142. The number of rotatable bonds is 5. The van der Waals surface area contributed by atoms with Crippen molar-refractivity contribution in [3.8, 4) is 5.69 Å². The molecule has 2 aromatic rings. The molecule has 1 aromatic carbocycles. The van der Waals surface area contributed by atoms with Gasteiger partial charge in [-0.2, -0.15) is 5.10 Å². The minimum atomic E-state index is -0.205. The lowest BCUT2D eigenvalue weighted by Crippen LogP contribution is -2.01. The van der Waals surface area contributed by atoms with Gasteiger partial charge in [0.25, 0.3) is 0 Å². The maximum Gasteiger partial charge on any atom is 0.309 e. The third-order valence-corrected chi connectivity index (χ3v) is 3.02. The first-order chi connectivity index (χ1) is 10.1. The summed E-state index contributed by atoms with van der Waals surface area (Å²) in [5, 5.41) is 4.47. The van der Waals surface area contributed by atoms with Gasteiger partial charge >= 0.3 is 5.97 Å². The highest BCUT2D eigenvalue weighted by molar-refractivity contribution is 5.72. The zero-order valence-electron chi connectivity index (χ0n) is 12.7. The molecule has 110 valence electrons. The number of esters is 1. The van der Waals surface area contributed by atoms with E-state index in [2.05, 4.69) is 5.10 Å². The molecule has 0 aliphatic heterocycles. The van der Waals surface area contributed by atoms with Crippen LogP contribution in [0.15, 0.2) is 36.4 Å². The van der Waals surface area contributed by atoms with Crippen LogP contribution in [0.25, 0.3) is 11.8 Å². The molecule has 4 heteroatoms. The topological polar surface area (TPSA) is 44.1 Å². The quantitative estimate of drug-likeness (QED) is 0.790. The van der Waals surface area contributed by atoms with Gasteiger partial charge in [-0.25, -0.2) is 4.68 Å². The third-order valence-electron chi connectivity index (χ3n) is 3.02. The Labute approximate surface area is 125 Å². The molecule has 1 aromatic heterocycles. The van der Waals surface area contributed by atoms with Crippen LogP contribution in [0.1, 0.15) is 30.3 Å². The summed E-state index contributed by atoms with van der Waals surface area (Å²) in [6.07, 6.45) is 4.03. The van der Waals surface area contributed by atoms with Crippen molar-refractivity contribution in [3.63, 3.8) is 0 Å². The summed E-state index contributed by atoms with van der Waals surface area (Å²) in [6, 6.07) is 10.1. The van der Waals surface area contributed by atoms with Gasteiger partial charge in [-0.3, -0.25) is 4.79 Å². The van der Waals surface area contributed by atoms with Crippen molar-refractivity contribution in [1.29, 1.82) is 0 Å². The Balaban J connectivity index is 2.13. The Kier molecular flexibility index (Phi) is 4.93. The Hall–Kier alpha value is -2.36. The fraction of sp³-hybridized carbons (Fsp3) is 0.294. The largest absolute Gasteiger partial charge is 0.466 e. The lowest BCUT2D eigenvalue weighted by atomic mass is 10.1. The predicted octanol–water partition coefficient (Wildman–Crippen LogP) is 3.46. The zero-order valence-corrected chi connectivity index (χ0v) is 12.7. The molecule has 4 nitrogen and oxygen atoms in total. The molecule has 0 amide bonds. The second-order valence-electron chi connectivity index (χ2n) is 4.85. The maximum atomic E-state index is 11.3. The van der Waals surface area contributed by atoms with Crippen LogP contribution in [0.5, 0.6) is 0 Å². The molecule has 0 aliphatic rings. The molecule has 0 atom stereocenters. The van der Waals surface area contributed by atoms with Crippen LogP contribution in [0, 0.1) is 13.8 Å². The smallest absolute Gasteiger partial charge is 0.309 e. The van der Waals surface area contributed by atoms with E-state index in [0.717, 1.165) is 22.6 Å². The fourth-order valence-corrected chi connectivity index (χ4v) is 2.16. The molecule has 0 radical (unpaired) electrons. The maximum absolute atomic E-state index is 11.3. The van der Waals surface area contributed by atoms with Crippen LogP contribution < -0.4 is 0 Å². The van der Waals surface area contributed by atoms with Gasteiger partial charge in [0.1, 0.15) is 0 Å². The van der Waals surface area contributed by atoms with E-state index in [0.29, 0.717) is 6.61 Å². The average molecular weight is 284 g/mol. The number of hydrogen-bond donors (Lipinski definition) is 0. The van der Waals surface area contributed by atoms with Crippen molar-refractivity contribution < 1.29 is 9.53 Å². The van der Waals surface area contributed by atoms with Crippen molar-refractivity contribution in [2.24, 2.45) is 0 Å². The van der Waals surface area contributed by atoms with Crippen molar-refractivity contribution >= 4 is 12.0 Å². The van der Waals surface area contributed by atoms with Gasteiger partial charge in [0.2, 0.25) is 0 Å². The van der Waals surface area contributed by atoms with Crippen molar-refractivity contribution in [2.45, 2.75) is 27.2 Å². The molecule has 2 rings (SSSR count). The van der Waals surface area contributed by atoms with Gasteiger partial charge in [0.05, 0.1) is 24.4 Å². The SMILES string of the molecule is CCOC(=O)CC=Cc1cccc(-n2nc(C)cc2C)c1. The number of ether oxygens (including phenoxy) is 1. The van der Waals surface area contributed by atoms with E-state index < -0.39 is 0 Å². The minimum Gasteiger partial charge on any atom is -0.466 e. The Morgan fingerprint density at radius 3 is 2.81 bits per heavy atom. The lowest BCUT2D eigenvalue weighted by Gasteiger charge is -2.05. The summed E-state index contributed by atoms with van der Waals surface area (Å²) in [6.45, 7) is 6.23. The first kappa shape index (κ1) is 15.0. The number of benzene rings is 1. The summed E-state index contributed by atoms with van der Waals surface area (Å²) in [4.78, 5) is 11.3. The second kappa shape index (κ2) is 6.88. The molecule has 21 heavy (non-hydrogen) atoms. The summed E-state index contributed by atoms with van der Waals surface area (Å²) in [7, 11) is 0. The van der Waals surface area contributed by atoms with Crippen molar-refractivity contribution in [3.05, 3.63) is 53.4 Å². The van der Waals surface area contributed by atoms with E-state index >= 15 is 0 Å². The number of nitrogens with zero attached hydrogens (tertiary/aromatic N) is 2.